The number of hydrogen-bond donors (Lipinski definition) is 0. The highest BCUT2D eigenvalue weighted by molar-refractivity contribution is 5.78. The second-order valence-electron chi connectivity index (χ2n) is 2.24. The highest BCUT2D eigenvalue weighted by Crippen LogP contribution is 2.21. The first-order chi connectivity index (χ1) is 6.27. The Hall–Kier alpha value is -1.31. The summed E-state index contributed by atoms with van der Waals surface area (Å²) in [5, 5.41) is 0. The van der Waals surface area contributed by atoms with Crippen molar-refractivity contribution in [3.63, 3.8) is 0 Å². The van der Waals surface area contributed by atoms with E-state index in [-0.39, 0.29) is 5.97 Å². The molecular formula is C11H16O2. The van der Waals surface area contributed by atoms with E-state index in [1.165, 1.54) is 0 Å². The van der Waals surface area contributed by atoms with Gasteiger partial charge >= 0.3 is 5.97 Å². The van der Waals surface area contributed by atoms with Crippen LogP contribution in [0, 0.1) is 0 Å². The van der Waals surface area contributed by atoms with Crippen LogP contribution in [0.1, 0.15) is 27.2 Å². The van der Waals surface area contributed by atoms with E-state index in [2.05, 4.69) is 6.58 Å². The summed E-state index contributed by atoms with van der Waals surface area (Å²) in [5.41, 5.74) is 0.910. The van der Waals surface area contributed by atoms with Crippen molar-refractivity contribution in [2.45, 2.75) is 27.2 Å². The third-order valence-corrected chi connectivity index (χ3v) is 1.43. The Bertz CT molecular complexity index is 247. The van der Waals surface area contributed by atoms with Crippen molar-refractivity contribution in [1.29, 1.82) is 0 Å². The van der Waals surface area contributed by atoms with Gasteiger partial charge in [-0.1, -0.05) is 32.6 Å². The zero-order valence-electron chi connectivity index (χ0n) is 8.46. The van der Waals surface area contributed by atoms with E-state index in [1.54, 1.807) is 6.08 Å². The first-order valence-electron chi connectivity index (χ1n) is 4.47. The number of hydrogen-bond acceptors (Lipinski definition) is 2. The van der Waals surface area contributed by atoms with Crippen LogP contribution in [0.2, 0.25) is 0 Å². The average Bonchev–Trinajstić information content (AvgIpc) is 2.50. The van der Waals surface area contributed by atoms with Crippen molar-refractivity contribution in [1.82, 2.24) is 0 Å². The van der Waals surface area contributed by atoms with E-state index < -0.39 is 0 Å². The largest absolute Gasteiger partial charge is 0.426 e. The molecule has 0 unspecified atom stereocenters. The van der Waals surface area contributed by atoms with Crippen molar-refractivity contribution in [2.75, 3.05) is 0 Å². The molecule has 1 rings (SSSR count). The molecule has 0 saturated heterocycles. The fourth-order valence-corrected chi connectivity index (χ4v) is 0.982. The molecule has 0 N–H and O–H groups in total. The minimum Gasteiger partial charge on any atom is -0.426 e. The summed E-state index contributed by atoms with van der Waals surface area (Å²) < 4.78 is 4.85. The van der Waals surface area contributed by atoms with Gasteiger partial charge in [0.15, 0.2) is 0 Å². The Morgan fingerprint density at radius 2 is 2.08 bits per heavy atom. The molecule has 2 heteroatoms. The zero-order valence-corrected chi connectivity index (χ0v) is 8.46. The maximum absolute atomic E-state index is 10.8. The summed E-state index contributed by atoms with van der Waals surface area (Å²) >= 11 is 0. The van der Waals surface area contributed by atoms with Crippen molar-refractivity contribution in [2.24, 2.45) is 0 Å². The third kappa shape index (κ3) is 3.28. The van der Waals surface area contributed by atoms with Crippen LogP contribution in [0.5, 0.6) is 0 Å². The van der Waals surface area contributed by atoms with E-state index in [9.17, 15) is 4.79 Å². The van der Waals surface area contributed by atoms with Gasteiger partial charge in [0.1, 0.15) is 5.76 Å². The van der Waals surface area contributed by atoms with Crippen LogP contribution >= 0.6 is 0 Å². The Kier molecular flexibility index (Phi) is 5.60. The summed E-state index contributed by atoms with van der Waals surface area (Å²) in [7, 11) is 0. The fraction of sp³-hybridized carbons (Fsp3) is 0.364. The number of carbonyl (C=O) groups is 1. The second kappa shape index (κ2) is 6.23. The molecule has 0 bridgehead atoms. The van der Waals surface area contributed by atoms with Gasteiger partial charge in [0.2, 0.25) is 0 Å². The molecule has 0 saturated carbocycles. The van der Waals surface area contributed by atoms with Gasteiger partial charge in [-0.2, -0.15) is 0 Å². The lowest BCUT2D eigenvalue weighted by molar-refractivity contribution is -0.136. The number of allylic oxidation sites excluding steroid dienone is 3. The minimum atomic E-state index is -0.201. The van der Waals surface area contributed by atoms with Crippen LogP contribution in [0.15, 0.2) is 36.1 Å². The van der Waals surface area contributed by atoms with Gasteiger partial charge in [-0.25, -0.2) is 0 Å². The molecule has 0 aromatic carbocycles. The molecule has 13 heavy (non-hydrogen) atoms. The first-order valence-corrected chi connectivity index (χ1v) is 4.47. The zero-order chi connectivity index (χ0) is 10.3. The van der Waals surface area contributed by atoms with E-state index in [1.807, 2.05) is 32.9 Å². The Balaban J connectivity index is 0.000000671. The molecule has 0 spiro atoms. The monoisotopic (exact) mass is 180 g/mol. The fourth-order valence-electron chi connectivity index (χ4n) is 0.982. The molecule has 1 aliphatic rings. The lowest BCUT2D eigenvalue weighted by atomic mass is 10.2. The summed E-state index contributed by atoms with van der Waals surface area (Å²) in [6, 6.07) is 0. The minimum absolute atomic E-state index is 0.201. The summed E-state index contributed by atoms with van der Waals surface area (Å²) in [6.07, 6.45) is 5.66. The van der Waals surface area contributed by atoms with Crippen molar-refractivity contribution < 1.29 is 9.53 Å². The topological polar surface area (TPSA) is 26.3 Å². The molecule has 0 aromatic rings. The smallest absolute Gasteiger partial charge is 0.315 e. The van der Waals surface area contributed by atoms with Crippen LogP contribution in [0.4, 0.5) is 0 Å². The van der Waals surface area contributed by atoms with E-state index >= 15 is 0 Å². The quantitative estimate of drug-likeness (QED) is 0.611. The summed E-state index contributed by atoms with van der Waals surface area (Å²) in [6.45, 7) is 9.44. The van der Waals surface area contributed by atoms with Crippen LogP contribution in [-0.4, -0.2) is 5.97 Å². The number of carbonyl (C=O) groups excluding carboxylic acids is 1. The maximum atomic E-state index is 10.8. The molecule has 2 nitrogen and oxygen atoms in total. The lowest BCUT2D eigenvalue weighted by Crippen LogP contribution is -1.91. The summed E-state index contributed by atoms with van der Waals surface area (Å²) in [5.74, 6) is 0.390. The summed E-state index contributed by atoms with van der Waals surface area (Å²) in [4.78, 5) is 10.8. The average molecular weight is 180 g/mol. The molecule has 1 aliphatic heterocycles. The predicted octanol–water partition coefficient (Wildman–Crippen LogP) is 2.98. The van der Waals surface area contributed by atoms with Crippen LogP contribution in [0.25, 0.3) is 0 Å². The first kappa shape index (κ1) is 11.7. The molecule has 0 amide bonds. The van der Waals surface area contributed by atoms with Crippen LogP contribution in [0.3, 0.4) is 0 Å². The Labute approximate surface area is 79.6 Å². The van der Waals surface area contributed by atoms with Gasteiger partial charge in [-0.3, -0.25) is 4.79 Å². The molecule has 0 radical (unpaired) electrons. The van der Waals surface area contributed by atoms with Crippen molar-refractivity contribution in [3.05, 3.63) is 36.1 Å². The van der Waals surface area contributed by atoms with Gasteiger partial charge in [0.25, 0.3) is 0 Å². The number of rotatable bonds is 2. The molecule has 0 atom stereocenters. The van der Waals surface area contributed by atoms with Gasteiger partial charge in [0.05, 0.1) is 6.42 Å². The van der Waals surface area contributed by atoms with E-state index in [0.717, 1.165) is 5.57 Å². The Morgan fingerprint density at radius 1 is 1.46 bits per heavy atom. The molecular weight excluding hydrogens is 164 g/mol. The Morgan fingerprint density at radius 3 is 2.54 bits per heavy atom. The van der Waals surface area contributed by atoms with E-state index in [4.69, 9.17) is 4.74 Å². The van der Waals surface area contributed by atoms with Crippen molar-refractivity contribution >= 4 is 5.97 Å². The lowest BCUT2D eigenvalue weighted by Gasteiger charge is -1.92. The highest BCUT2D eigenvalue weighted by atomic mass is 16.5. The van der Waals surface area contributed by atoms with Crippen molar-refractivity contribution in [3.8, 4) is 0 Å². The number of ether oxygens (including phenoxy) is 1. The standard InChI is InChI=1S/C9H10O2.C2H6/c1-3-5-7-6-9(10)11-8(7)4-2;1-2/h3-5H,2,6H2,1H3;1-2H3/b5-3-;. The number of cyclic esters (lactones) is 1. The molecule has 1 heterocycles. The number of esters is 1. The van der Waals surface area contributed by atoms with Gasteiger partial charge in [-0.05, 0) is 13.0 Å². The van der Waals surface area contributed by atoms with Gasteiger partial charge in [0, 0.05) is 5.57 Å². The highest BCUT2D eigenvalue weighted by Gasteiger charge is 2.18. The maximum Gasteiger partial charge on any atom is 0.315 e. The normalized spacial score (nSPS) is 15.5. The van der Waals surface area contributed by atoms with Crippen LogP contribution in [-0.2, 0) is 9.53 Å². The predicted molar refractivity (Wildman–Crippen MR) is 54.1 cm³/mol. The molecule has 0 fully saturated rings. The van der Waals surface area contributed by atoms with Crippen LogP contribution < -0.4 is 0 Å². The van der Waals surface area contributed by atoms with E-state index in [0.29, 0.717) is 12.2 Å². The molecule has 0 aliphatic carbocycles. The second-order valence-corrected chi connectivity index (χ2v) is 2.24. The molecule has 72 valence electrons. The van der Waals surface area contributed by atoms with Gasteiger partial charge in [-0.15, -0.1) is 0 Å². The molecule has 0 aromatic heterocycles. The SMILES string of the molecule is C=CC1=C(/C=C\C)CC(=O)O1.CC. The third-order valence-electron chi connectivity index (χ3n) is 1.43. The van der Waals surface area contributed by atoms with Gasteiger partial charge < -0.3 is 4.74 Å².